The van der Waals surface area contributed by atoms with Crippen molar-refractivity contribution in [1.29, 1.82) is 0 Å². The Kier molecular flexibility index (Phi) is 5.56. The largest absolute Gasteiger partial charge is 0.490 e. The lowest BCUT2D eigenvalue weighted by atomic mass is 10.0. The molecule has 0 aromatic heterocycles. The van der Waals surface area contributed by atoms with Gasteiger partial charge in [0.15, 0.2) is 0 Å². The molecule has 0 aliphatic rings. The minimum Gasteiger partial charge on any atom is -0.453 e. The van der Waals surface area contributed by atoms with Crippen LogP contribution in [0.2, 0.25) is 5.02 Å². The van der Waals surface area contributed by atoms with E-state index in [1.165, 1.54) is 18.2 Å². The zero-order valence-electron chi connectivity index (χ0n) is 10.5. The van der Waals surface area contributed by atoms with Crippen molar-refractivity contribution in [3.05, 3.63) is 34.3 Å². The molecule has 0 saturated heterocycles. The van der Waals surface area contributed by atoms with Gasteiger partial charge in [0.2, 0.25) is 5.91 Å². The fraction of sp³-hybridized carbons (Fsp3) is 0.333. The van der Waals surface area contributed by atoms with E-state index in [1.807, 2.05) is 0 Å². The summed E-state index contributed by atoms with van der Waals surface area (Å²) in [7, 11) is 0. The van der Waals surface area contributed by atoms with Crippen molar-refractivity contribution in [2.45, 2.75) is 18.7 Å². The van der Waals surface area contributed by atoms with Crippen LogP contribution in [0.4, 0.5) is 13.2 Å². The second-order valence-corrected chi connectivity index (χ2v) is 4.51. The first-order valence-electron chi connectivity index (χ1n) is 5.62. The van der Waals surface area contributed by atoms with Crippen LogP contribution in [-0.2, 0) is 16.0 Å². The van der Waals surface area contributed by atoms with Gasteiger partial charge in [0.1, 0.15) is 6.10 Å². The van der Waals surface area contributed by atoms with Gasteiger partial charge in [-0.1, -0.05) is 17.7 Å². The van der Waals surface area contributed by atoms with E-state index in [4.69, 9.17) is 22.4 Å². The Balaban J connectivity index is 2.92. The summed E-state index contributed by atoms with van der Waals surface area (Å²) in [6.45, 7) is -0.845. The summed E-state index contributed by atoms with van der Waals surface area (Å²) in [5.41, 5.74) is 5.31. The fourth-order valence-electron chi connectivity index (χ4n) is 1.56. The van der Waals surface area contributed by atoms with Gasteiger partial charge < -0.3 is 15.6 Å². The predicted molar refractivity (Wildman–Crippen MR) is 66.7 cm³/mol. The van der Waals surface area contributed by atoms with Gasteiger partial charge in [0.05, 0.1) is 6.61 Å². The fourth-order valence-corrected chi connectivity index (χ4v) is 1.74. The molecule has 0 fully saturated rings. The molecule has 1 aromatic rings. The van der Waals surface area contributed by atoms with Gasteiger partial charge in [0.25, 0.3) is 0 Å². The summed E-state index contributed by atoms with van der Waals surface area (Å²) in [6.07, 6.45) is -6.94. The van der Waals surface area contributed by atoms with Crippen LogP contribution in [0.3, 0.4) is 0 Å². The first-order chi connectivity index (χ1) is 9.65. The molecule has 0 aliphatic carbocycles. The van der Waals surface area contributed by atoms with Crippen molar-refractivity contribution in [2.75, 3.05) is 6.61 Å². The number of carbonyl (C=O) groups is 2. The first kappa shape index (κ1) is 17.3. The van der Waals surface area contributed by atoms with Crippen LogP contribution >= 0.6 is 11.6 Å². The number of alkyl halides is 3. The number of benzene rings is 1. The maximum Gasteiger partial charge on any atom is 0.490 e. The average Bonchev–Trinajstić information content (AvgIpc) is 2.38. The number of amides is 1. The van der Waals surface area contributed by atoms with E-state index in [1.54, 1.807) is 0 Å². The molecule has 0 radical (unpaired) electrons. The highest BCUT2D eigenvalue weighted by molar-refractivity contribution is 6.31. The molecule has 1 unspecified atom stereocenters. The SMILES string of the molecule is NC(=O)c1cc(Cl)ccc1CC(CO)OC(=O)C(F)(F)F. The van der Waals surface area contributed by atoms with Gasteiger partial charge in [-0.05, 0) is 17.7 Å². The van der Waals surface area contributed by atoms with Crippen molar-refractivity contribution in [1.82, 2.24) is 0 Å². The third-order valence-electron chi connectivity index (χ3n) is 2.49. The van der Waals surface area contributed by atoms with Gasteiger partial charge in [-0.3, -0.25) is 4.79 Å². The summed E-state index contributed by atoms with van der Waals surface area (Å²) in [5.74, 6) is -3.26. The monoisotopic (exact) mass is 325 g/mol. The number of aliphatic hydroxyl groups is 1. The number of aliphatic hydroxyl groups excluding tert-OH is 1. The maximum absolute atomic E-state index is 12.1. The third kappa shape index (κ3) is 4.91. The number of hydrogen-bond acceptors (Lipinski definition) is 4. The quantitative estimate of drug-likeness (QED) is 0.802. The Labute approximate surface area is 122 Å². The van der Waals surface area contributed by atoms with E-state index < -0.39 is 30.8 Å². The number of carbonyl (C=O) groups excluding carboxylic acids is 2. The molecule has 21 heavy (non-hydrogen) atoms. The van der Waals surface area contributed by atoms with Gasteiger partial charge in [0, 0.05) is 17.0 Å². The topological polar surface area (TPSA) is 89.6 Å². The number of halogens is 4. The number of rotatable bonds is 5. The van der Waals surface area contributed by atoms with Crippen LogP contribution in [0.15, 0.2) is 18.2 Å². The smallest absolute Gasteiger partial charge is 0.453 e. The van der Waals surface area contributed by atoms with Crippen molar-refractivity contribution < 1.29 is 32.6 Å². The van der Waals surface area contributed by atoms with E-state index in [9.17, 15) is 22.8 Å². The van der Waals surface area contributed by atoms with Crippen LogP contribution in [-0.4, -0.2) is 35.9 Å². The predicted octanol–water partition coefficient (Wildman–Crippen LogP) is 1.45. The third-order valence-corrected chi connectivity index (χ3v) is 2.73. The van der Waals surface area contributed by atoms with E-state index in [2.05, 4.69) is 4.74 Å². The lowest BCUT2D eigenvalue weighted by Crippen LogP contribution is -2.33. The summed E-state index contributed by atoms with van der Waals surface area (Å²) in [6, 6.07) is 3.98. The normalized spacial score (nSPS) is 12.8. The molecule has 9 heteroatoms. The van der Waals surface area contributed by atoms with Gasteiger partial charge >= 0.3 is 12.1 Å². The Hall–Kier alpha value is -1.80. The number of esters is 1. The van der Waals surface area contributed by atoms with E-state index in [0.29, 0.717) is 0 Å². The van der Waals surface area contributed by atoms with Crippen molar-refractivity contribution >= 4 is 23.5 Å². The Morgan fingerprint density at radius 3 is 2.48 bits per heavy atom. The molecule has 1 aromatic carbocycles. The molecule has 1 rings (SSSR count). The highest BCUT2D eigenvalue weighted by atomic mass is 35.5. The van der Waals surface area contributed by atoms with Crippen molar-refractivity contribution in [3.8, 4) is 0 Å². The molecule has 0 saturated carbocycles. The van der Waals surface area contributed by atoms with Crippen LogP contribution in [0, 0.1) is 0 Å². The lowest BCUT2D eigenvalue weighted by Gasteiger charge is -2.17. The zero-order valence-corrected chi connectivity index (χ0v) is 11.2. The zero-order chi connectivity index (χ0) is 16.2. The van der Waals surface area contributed by atoms with E-state index >= 15 is 0 Å². The highest BCUT2D eigenvalue weighted by Gasteiger charge is 2.42. The molecule has 116 valence electrons. The standard InChI is InChI=1S/C12H11ClF3NO4/c13-7-2-1-6(9(4-7)10(17)19)3-8(5-18)21-11(20)12(14,15)16/h1-2,4,8,18H,3,5H2,(H2,17,19). The molecule has 1 amide bonds. The second kappa shape index (κ2) is 6.77. The number of hydrogen-bond donors (Lipinski definition) is 2. The maximum atomic E-state index is 12.1. The van der Waals surface area contributed by atoms with Crippen LogP contribution < -0.4 is 5.73 Å². The molecular weight excluding hydrogens is 315 g/mol. The number of primary amides is 1. The van der Waals surface area contributed by atoms with Gasteiger partial charge in [-0.15, -0.1) is 0 Å². The van der Waals surface area contributed by atoms with E-state index in [-0.39, 0.29) is 22.6 Å². The van der Waals surface area contributed by atoms with Crippen molar-refractivity contribution in [3.63, 3.8) is 0 Å². The minimum atomic E-state index is -5.17. The minimum absolute atomic E-state index is 0.0241. The molecular formula is C12H11ClF3NO4. The number of ether oxygens (including phenoxy) is 1. The molecule has 0 spiro atoms. The summed E-state index contributed by atoms with van der Waals surface area (Å²) >= 11 is 5.68. The number of nitrogens with two attached hydrogens (primary N) is 1. The Bertz CT molecular complexity index is 548. The Morgan fingerprint density at radius 1 is 1.38 bits per heavy atom. The molecule has 0 bridgehead atoms. The van der Waals surface area contributed by atoms with Gasteiger partial charge in [-0.25, -0.2) is 4.79 Å². The summed E-state index contributed by atoms with van der Waals surface area (Å²) in [4.78, 5) is 22.0. The van der Waals surface area contributed by atoms with Crippen molar-refractivity contribution in [2.24, 2.45) is 5.73 Å². The van der Waals surface area contributed by atoms with E-state index in [0.717, 1.165) is 0 Å². The molecule has 3 N–H and O–H groups in total. The Morgan fingerprint density at radius 2 is 2.00 bits per heavy atom. The molecule has 5 nitrogen and oxygen atoms in total. The van der Waals surface area contributed by atoms with Crippen LogP contribution in [0.1, 0.15) is 15.9 Å². The first-order valence-corrected chi connectivity index (χ1v) is 5.99. The lowest BCUT2D eigenvalue weighted by molar-refractivity contribution is -0.206. The molecule has 1 atom stereocenters. The average molecular weight is 326 g/mol. The summed E-state index contributed by atoms with van der Waals surface area (Å²) < 4.78 is 40.4. The summed E-state index contributed by atoms with van der Waals surface area (Å²) in [5, 5.41) is 9.21. The molecule has 0 aliphatic heterocycles. The van der Waals surface area contributed by atoms with Crippen LogP contribution in [0.5, 0.6) is 0 Å². The van der Waals surface area contributed by atoms with Gasteiger partial charge in [-0.2, -0.15) is 13.2 Å². The highest BCUT2D eigenvalue weighted by Crippen LogP contribution is 2.21. The second-order valence-electron chi connectivity index (χ2n) is 4.08. The molecule has 0 heterocycles. The van der Waals surface area contributed by atoms with Crippen LogP contribution in [0.25, 0.3) is 0 Å².